The molecule has 86 valence electrons. The molecule has 0 amide bonds. The number of halogens is 2. The van der Waals surface area contributed by atoms with Gasteiger partial charge in [-0.3, -0.25) is 0 Å². The molecule has 1 aromatic heterocycles. The Labute approximate surface area is 108 Å². The Bertz CT molecular complexity index is 628. The van der Waals surface area contributed by atoms with E-state index in [1.54, 1.807) is 25.1 Å². The van der Waals surface area contributed by atoms with Crippen molar-refractivity contribution in [2.75, 3.05) is 0 Å². The van der Waals surface area contributed by atoms with Crippen LogP contribution < -0.4 is 0 Å². The smallest absolute Gasteiger partial charge is 0.218 e. The Morgan fingerprint density at radius 2 is 2.12 bits per heavy atom. The van der Waals surface area contributed by atoms with Gasteiger partial charge in [0.25, 0.3) is 0 Å². The first-order valence-electron chi connectivity index (χ1n) is 4.68. The zero-order valence-corrected chi connectivity index (χ0v) is 10.3. The van der Waals surface area contributed by atoms with Crippen LogP contribution >= 0.6 is 23.2 Å². The number of aromatic nitrogens is 2. The number of hydrogen-bond acceptors (Lipinski definition) is 3. The standard InChI is InChI=1S/C11H7Cl2N3O/c1-6-9(5-14)15-16(11(6)17)10-3-2-7(12)4-8(10)13/h2-4,17H,1H3. The summed E-state index contributed by atoms with van der Waals surface area (Å²) in [6, 6.07) is 6.69. The van der Waals surface area contributed by atoms with E-state index in [1.165, 1.54) is 4.68 Å². The first-order chi connectivity index (χ1) is 8.04. The van der Waals surface area contributed by atoms with Crippen LogP contribution in [0.25, 0.3) is 5.69 Å². The third-order valence-corrected chi connectivity index (χ3v) is 2.87. The average Bonchev–Trinajstić information content (AvgIpc) is 2.57. The first-order valence-corrected chi connectivity index (χ1v) is 5.44. The van der Waals surface area contributed by atoms with Crippen LogP contribution in [0.2, 0.25) is 10.0 Å². The largest absolute Gasteiger partial charge is 0.493 e. The predicted molar refractivity (Wildman–Crippen MR) is 64.7 cm³/mol. The fourth-order valence-corrected chi connectivity index (χ4v) is 1.90. The molecule has 0 aliphatic carbocycles. The minimum absolute atomic E-state index is 0.106. The van der Waals surface area contributed by atoms with Gasteiger partial charge in [-0.1, -0.05) is 23.2 Å². The SMILES string of the molecule is Cc1c(C#N)nn(-c2ccc(Cl)cc2Cl)c1O. The monoisotopic (exact) mass is 267 g/mol. The number of hydrogen-bond donors (Lipinski definition) is 1. The summed E-state index contributed by atoms with van der Waals surface area (Å²) in [4.78, 5) is 0. The third-order valence-electron chi connectivity index (χ3n) is 2.34. The van der Waals surface area contributed by atoms with Crippen LogP contribution in [0.1, 0.15) is 11.3 Å². The molecule has 4 nitrogen and oxygen atoms in total. The van der Waals surface area contributed by atoms with E-state index < -0.39 is 0 Å². The lowest BCUT2D eigenvalue weighted by molar-refractivity contribution is 0.430. The summed E-state index contributed by atoms with van der Waals surface area (Å²) in [6.45, 7) is 1.61. The topological polar surface area (TPSA) is 61.8 Å². The number of rotatable bonds is 1. The summed E-state index contributed by atoms with van der Waals surface area (Å²) in [5, 5.41) is 23.5. The predicted octanol–water partition coefficient (Wildman–Crippen LogP) is 3.06. The highest BCUT2D eigenvalue weighted by Crippen LogP contribution is 2.29. The summed E-state index contributed by atoms with van der Waals surface area (Å²) >= 11 is 11.8. The third kappa shape index (κ3) is 1.95. The maximum Gasteiger partial charge on any atom is 0.218 e. The van der Waals surface area contributed by atoms with Crippen LogP contribution in [-0.2, 0) is 0 Å². The molecule has 1 aromatic carbocycles. The van der Waals surface area contributed by atoms with Gasteiger partial charge in [-0.05, 0) is 25.1 Å². The van der Waals surface area contributed by atoms with E-state index in [2.05, 4.69) is 5.10 Å². The lowest BCUT2D eigenvalue weighted by Gasteiger charge is -2.05. The van der Waals surface area contributed by atoms with Crippen molar-refractivity contribution in [3.63, 3.8) is 0 Å². The van der Waals surface area contributed by atoms with E-state index in [0.29, 0.717) is 21.3 Å². The summed E-state index contributed by atoms with van der Waals surface area (Å²) in [5.74, 6) is -0.106. The lowest BCUT2D eigenvalue weighted by Crippen LogP contribution is -1.97. The molecule has 1 N–H and O–H groups in total. The molecule has 0 aliphatic rings. The fourth-order valence-electron chi connectivity index (χ4n) is 1.41. The minimum Gasteiger partial charge on any atom is -0.493 e. The molecular weight excluding hydrogens is 261 g/mol. The normalized spacial score (nSPS) is 10.2. The van der Waals surface area contributed by atoms with E-state index >= 15 is 0 Å². The molecule has 2 rings (SSSR count). The second-order valence-electron chi connectivity index (χ2n) is 3.42. The summed E-state index contributed by atoms with van der Waals surface area (Å²) in [5.41, 5.74) is 1.05. The molecule has 0 unspecified atom stereocenters. The summed E-state index contributed by atoms with van der Waals surface area (Å²) in [6.07, 6.45) is 0. The van der Waals surface area contributed by atoms with Gasteiger partial charge >= 0.3 is 0 Å². The molecule has 0 radical (unpaired) electrons. The van der Waals surface area contributed by atoms with E-state index in [4.69, 9.17) is 28.5 Å². The van der Waals surface area contributed by atoms with Crippen molar-refractivity contribution in [2.24, 2.45) is 0 Å². The van der Waals surface area contributed by atoms with Gasteiger partial charge in [0.05, 0.1) is 10.7 Å². The minimum atomic E-state index is -0.106. The highest BCUT2D eigenvalue weighted by atomic mass is 35.5. The van der Waals surface area contributed by atoms with Crippen LogP contribution in [0.4, 0.5) is 0 Å². The van der Waals surface area contributed by atoms with Crippen LogP contribution in [0.15, 0.2) is 18.2 Å². The van der Waals surface area contributed by atoms with Crippen LogP contribution in [-0.4, -0.2) is 14.9 Å². The van der Waals surface area contributed by atoms with Gasteiger partial charge < -0.3 is 5.11 Å². The zero-order chi connectivity index (χ0) is 12.6. The Hall–Kier alpha value is -1.70. The maximum atomic E-state index is 9.85. The van der Waals surface area contributed by atoms with Crippen molar-refractivity contribution in [1.82, 2.24) is 9.78 Å². The number of nitrogens with zero attached hydrogens (tertiary/aromatic N) is 3. The van der Waals surface area contributed by atoms with Crippen LogP contribution in [0.5, 0.6) is 5.88 Å². The fraction of sp³-hybridized carbons (Fsp3) is 0.0909. The van der Waals surface area contributed by atoms with Gasteiger partial charge in [0, 0.05) is 10.6 Å². The van der Waals surface area contributed by atoms with E-state index in [-0.39, 0.29) is 11.6 Å². The van der Waals surface area contributed by atoms with Gasteiger partial charge in [0.15, 0.2) is 5.69 Å². The molecule has 2 aromatic rings. The summed E-state index contributed by atoms with van der Waals surface area (Å²) < 4.78 is 1.21. The number of aromatic hydroxyl groups is 1. The van der Waals surface area contributed by atoms with Gasteiger partial charge in [-0.25, -0.2) is 0 Å². The van der Waals surface area contributed by atoms with E-state index in [0.717, 1.165) is 0 Å². The second kappa shape index (κ2) is 4.28. The Kier molecular flexibility index (Phi) is 2.97. The second-order valence-corrected chi connectivity index (χ2v) is 4.26. The molecule has 0 atom stereocenters. The van der Waals surface area contributed by atoms with Crippen molar-refractivity contribution in [3.05, 3.63) is 39.5 Å². The zero-order valence-electron chi connectivity index (χ0n) is 8.78. The Morgan fingerprint density at radius 3 is 2.65 bits per heavy atom. The van der Waals surface area contributed by atoms with Gasteiger partial charge in [0.2, 0.25) is 5.88 Å². The number of nitriles is 1. The van der Waals surface area contributed by atoms with Crippen molar-refractivity contribution in [1.29, 1.82) is 5.26 Å². The molecule has 0 saturated heterocycles. The molecule has 0 saturated carbocycles. The molecule has 0 fully saturated rings. The van der Waals surface area contributed by atoms with Gasteiger partial charge in [0.1, 0.15) is 6.07 Å². The Morgan fingerprint density at radius 1 is 1.41 bits per heavy atom. The quantitative estimate of drug-likeness (QED) is 0.864. The van der Waals surface area contributed by atoms with Gasteiger partial charge in [-0.2, -0.15) is 15.0 Å². The van der Waals surface area contributed by atoms with Crippen molar-refractivity contribution < 1.29 is 5.11 Å². The number of benzene rings is 1. The molecule has 1 heterocycles. The van der Waals surface area contributed by atoms with Crippen molar-refractivity contribution >= 4 is 23.2 Å². The van der Waals surface area contributed by atoms with Gasteiger partial charge in [-0.15, -0.1) is 0 Å². The molecule has 6 heteroatoms. The molecular formula is C11H7Cl2N3O. The van der Waals surface area contributed by atoms with E-state index in [1.807, 2.05) is 6.07 Å². The average molecular weight is 268 g/mol. The molecule has 17 heavy (non-hydrogen) atoms. The highest BCUT2D eigenvalue weighted by Gasteiger charge is 2.16. The van der Waals surface area contributed by atoms with Crippen LogP contribution in [0.3, 0.4) is 0 Å². The first kappa shape index (κ1) is 11.8. The Balaban J connectivity index is 2.65. The molecule has 0 aliphatic heterocycles. The van der Waals surface area contributed by atoms with Crippen LogP contribution in [0, 0.1) is 18.3 Å². The van der Waals surface area contributed by atoms with Crippen molar-refractivity contribution in [2.45, 2.75) is 6.92 Å². The summed E-state index contributed by atoms with van der Waals surface area (Å²) in [7, 11) is 0. The molecule has 0 spiro atoms. The van der Waals surface area contributed by atoms with E-state index in [9.17, 15) is 5.11 Å². The van der Waals surface area contributed by atoms with Crippen molar-refractivity contribution in [3.8, 4) is 17.6 Å². The highest BCUT2D eigenvalue weighted by molar-refractivity contribution is 6.35. The molecule has 0 bridgehead atoms. The lowest BCUT2D eigenvalue weighted by atomic mass is 10.3. The maximum absolute atomic E-state index is 9.85.